The predicted molar refractivity (Wildman–Crippen MR) is 97.7 cm³/mol. The van der Waals surface area contributed by atoms with Gasteiger partial charge in [0.1, 0.15) is 0 Å². The SMILES string of the molecule is O=C(NCc1nnnn1-c1ccccc1)[C@H]1CCC(=O)N(C2CCCC2)C1. The largest absolute Gasteiger partial charge is 0.348 e. The number of aromatic nitrogens is 4. The predicted octanol–water partition coefficient (Wildman–Crippen LogP) is 1.46. The summed E-state index contributed by atoms with van der Waals surface area (Å²) in [7, 11) is 0. The molecule has 1 aromatic heterocycles. The van der Waals surface area contributed by atoms with Crippen LogP contribution in [0.1, 0.15) is 44.3 Å². The summed E-state index contributed by atoms with van der Waals surface area (Å²) in [4.78, 5) is 26.9. The van der Waals surface area contributed by atoms with E-state index in [0.717, 1.165) is 18.5 Å². The molecule has 1 N–H and O–H groups in total. The molecular weight excluding hydrogens is 344 g/mol. The van der Waals surface area contributed by atoms with Gasteiger partial charge >= 0.3 is 0 Å². The first-order valence-electron chi connectivity index (χ1n) is 9.62. The van der Waals surface area contributed by atoms with Crippen LogP contribution in [0, 0.1) is 5.92 Å². The number of piperidine rings is 1. The second-order valence-electron chi connectivity index (χ2n) is 7.28. The molecule has 1 aliphatic heterocycles. The van der Waals surface area contributed by atoms with Crippen molar-refractivity contribution in [2.24, 2.45) is 5.92 Å². The number of carbonyl (C=O) groups excluding carboxylic acids is 2. The first kappa shape index (κ1) is 17.6. The Labute approximate surface area is 157 Å². The van der Waals surface area contributed by atoms with E-state index in [-0.39, 0.29) is 24.3 Å². The molecule has 8 heteroatoms. The van der Waals surface area contributed by atoms with E-state index in [0.29, 0.717) is 31.3 Å². The van der Waals surface area contributed by atoms with Gasteiger partial charge in [-0.05, 0) is 41.8 Å². The summed E-state index contributed by atoms with van der Waals surface area (Å²) in [5.74, 6) is 0.575. The van der Waals surface area contributed by atoms with Crippen molar-refractivity contribution >= 4 is 11.8 Å². The molecule has 1 aliphatic carbocycles. The zero-order valence-corrected chi connectivity index (χ0v) is 15.3. The number of para-hydroxylation sites is 1. The summed E-state index contributed by atoms with van der Waals surface area (Å²) in [5, 5.41) is 14.7. The number of amides is 2. The van der Waals surface area contributed by atoms with Crippen LogP contribution in [-0.4, -0.2) is 49.5 Å². The van der Waals surface area contributed by atoms with Gasteiger partial charge in [0.25, 0.3) is 0 Å². The molecule has 142 valence electrons. The van der Waals surface area contributed by atoms with Gasteiger partial charge in [0.15, 0.2) is 5.82 Å². The minimum Gasteiger partial charge on any atom is -0.348 e. The molecule has 4 rings (SSSR count). The Bertz CT molecular complexity index is 800. The number of likely N-dealkylation sites (tertiary alicyclic amines) is 1. The summed E-state index contributed by atoms with van der Waals surface area (Å²) in [6.45, 7) is 0.785. The topological polar surface area (TPSA) is 93.0 Å². The van der Waals surface area contributed by atoms with Gasteiger partial charge in [-0.2, -0.15) is 4.68 Å². The molecule has 1 saturated heterocycles. The monoisotopic (exact) mass is 368 g/mol. The molecule has 0 bridgehead atoms. The molecule has 2 aromatic rings. The van der Waals surface area contributed by atoms with E-state index >= 15 is 0 Å². The number of tetrazole rings is 1. The van der Waals surface area contributed by atoms with Crippen molar-refractivity contribution < 1.29 is 9.59 Å². The lowest BCUT2D eigenvalue weighted by atomic mass is 9.95. The zero-order valence-electron chi connectivity index (χ0n) is 15.3. The van der Waals surface area contributed by atoms with E-state index in [1.807, 2.05) is 35.2 Å². The number of nitrogens with one attached hydrogen (secondary N) is 1. The van der Waals surface area contributed by atoms with Gasteiger partial charge < -0.3 is 10.2 Å². The van der Waals surface area contributed by atoms with E-state index < -0.39 is 0 Å². The van der Waals surface area contributed by atoms with Crippen molar-refractivity contribution in [2.45, 2.75) is 51.1 Å². The molecule has 0 spiro atoms. The van der Waals surface area contributed by atoms with Crippen LogP contribution in [0.15, 0.2) is 30.3 Å². The van der Waals surface area contributed by atoms with Crippen molar-refractivity contribution in [3.63, 3.8) is 0 Å². The van der Waals surface area contributed by atoms with E-state index in [1.54, 1.807) is 4.68 Å². The Morgan fingerprint density at radius 2 is 1.93 bits per heavy atom. The van der Waals surface area contributed by atoms with Crippen LogP contribution in [0.5, 0.6) is 0 Å². The van der Waals surface area contributed by atoms with Crippen molar-refractivity contribution in [1.29, 1.82) is 0 Å². The fraction of sp³-hybridized carbons (Fsp3) is 0.526. The average molecular weight is 368 g/mol. The molecule has 1 aromatic carbocycles. The molecule has 27 heavy (non-hydrogen) atoms. The smallest absolute Gasteiger partial charge is 0.225 e. The quantitative estimate of drug-likeness (QED) is 0.862. The van der Waals surface area contributed by atoms with Crippen LogP contribution in [0.3, 0.4) is 0 Å². The van der Waals surface area contributed by atoms with Crippen molar-refractivity contribution in [1.82, 2.24) is 30.4 Å². The lowest BCUT2D eigenvalue weighted by molar-refractivity contribution is -0.140. The van der Waals surface area contributed by atoms with E-state index in [2.05, 4.69) is 20.8 Å². The molecule has 1 saturated carbocycles. The third-order valence-corrected chi connectivity index (χ3v) is 5.54. The van der Waals surface area contributed by atoms with E-state index in [1.165, 1.54) is 12.8 Å². The Hall–Kier alpha value is -2.77. The number of hydrogen-bond donors (Lipinski definition) is 1. The number of carbonyl (C=O) groups is 2. The highest BCUT2D eigenvalue weighted by molar-refractivity contribution is 5.84. The van der Waals surface area contributed by atoms with E-state index in [4.69, 9.17) is 0 Å². The van der Waals surface area contributed by atoms with Gasteiger partial charge in [0.05, 0.1) is 18.2 Å². The van der Waals surface area contributed by atoms with Gasteiger partial charge in [0.2, 0.25) is 11.8 Å². The summed E-state index contributed by atoms with van der Waals surface area (Å²) < 4.78 is 1.62. The Balaban J connectivity index is 1.37. The molecule has 2 fully saturated rings. The molecule has 2 amide bonds. The lowest BCUT2D eigenvalue weighted by Crippen LogP contribution is -2.49. The molecule has 0 unspecified atom stereocenters. The fourth-order valence-corrected chi connectivity index (χ4v) is 4.05. The maximum Gasteiger partial charge on any atom is 0.225 e. The Morgan fingerprint density at radius 3 is 2.70 bits per heavy atom. The molecule has 1 atom stereocenters. The van der Waals surface area contributed by atoms with Crippen LogP contribution in [0.2, 0.25) is 0 Å². The van der Waals surface area contributed by atoms with Gasteiger partial charge in [-0.3, -0.25) is 9.59 Å². The highest BCUT2D eigenvalue weighted by Gasteiger charge is 2.35. The summed E-state index contributed by atoms with van der Waals surface area (Å²) in [5.41, 5.74) is 0.849. The summed E-state index contributed by atoms with van der Waals surface area (Å²) in [6, 6.07) is 9.89. The van der Waals surface area contributed by atoms with Crippen molar-refractivity contribution in [3.8, 4) is 5.69 Å². The Morgan fingerprint density at radius 1 is 1.15 bits per heavy atom. The second kappa shape index (κ2) is 7.85. The molecule has 2 aliphatic rings. The minimum absolute atomic E-state index is 0.0342. The lowest BCUT2D eigenvalue weighted by Gasteiger charge is -2.36. The average Bonchev–Trinajstić information content (AvgIpc) is 3.39. The van der Waals surface area contributed by atoms with Crippen molar-refractivity contribution in [2.75, 3.05) is 6.54 Å². The molecule has 2 heterocycles. The van der Waals surface area contributed by atoms with Gasteiger partial charge in [-0.15, -0.1) is 5.10 Å². The van der Waals surface area contributed by atoms with Crippen molar-refractivity contribution in [3.05, 3.63) is 36.2 Å². The highest BCUT2D eigenvalue weighted by atomic mass is 16.2. The Kier molecular flexibility index (Phi) is 5.13. The zero-order chi connectivity index (χ0) is 18.6. The molecular formula is C19H24N6O2. The van der Waals surface area contributed by atoms with Crippen LogP contribution >= 0.6 is 0 Å². The summed E-state index contributed by atoms with van der Waals surface area (Å²) >= 11 is 0. The summed E-state index contributed by atoms with van der Waals surface area (Å²) in [6.07, 6.45) is 5.53. The van der Waals surface area contributed by atoms with Gasteiger partial charge in [-0.1, -0.05) is 31.0 Å². The van der Waals surface area contributed by atoms with Crippen LogP contribution < -0.4 is 5.32 Å². The molecule has 8 nitrogen and oxygen atoms in total. The third kappa shape index (κ3) is 3.84. The van der Waals surface area contributed by atoms with Gasteiger partial charge in [-0.25, -0.2) is 0 Å². The fourth-order valence-electron chi connectivity index (χ4n) is 4.05. The second-order valence-corrected chi connectivity index (χ2v) is 7.28. The molecule has 0 radical (unpaired) electrons. The van der Waals surface area contributed by atoms with Gasteiger partial charge in [0, 0.05) is 19.0 Å². The number of benzene rings is 1. The standard InChI is InChI=1S/C19H24N6O2/c26-18-11-10-14(13-24(18)15-6-4-5-7-15)19(27)20-12-17-21-22-23-25(17)16-8-2-1-3-9-16/h1-3,8-9,14-15H,4-7,10-13H2,(H,20,27)/t14-/m0/s1. The van der Waals surface area contributed by atoms with Crippen LogP contribution in [0.25, 0.3) is 5.69 Å². The van der Waals surface area contributed by atoms with Crippen LogP contribution in [-0.2, 0) is 16.1 Å². The first-order chi connectivity index (χ1) is 13.2. The maximum atomic E-state index is 12.7. The maximum absolute atomic E-state index is 12.7. The van der Waals surface area contributed by atoms with E-state index in [9.17, 15) is 9.59 Å². The highest BCUT2D eigenvalue weighted by Crippen LogP contribution is 2.28. The first-order valence-corrected chi connectivity index (χ1v) is 9.62. The normalized spacial score (nSPS) is 20.8. The van der Waals surface area contributed by atoms with Crippen LogP contribution in [0.4, 0.5) is 0 Å². The number of nitrogens with zero attached hydrogens (tertiary/aromatic N) is 5. The number of rotatable bonds is 5. The minimum atomic E-state index is -0.163. The number of hydrogen-bond acceptors (Lipinski definition) is 5. The third-order valence-electron chi connectivity index (χ3n) is 5.54.